The molecule has 0 aliphatic carbocycles. The molecule has 2 rings (SSSR count). The lowest BCUT2D eigenvalue weighted by Crippen LogP contribution is -1.99. The number of phenols is 1. The molecule has 0 unspecified atom stereocenters. The van der Waals surface area contributed by atoms with E-state index in [9.17, 15) is 20.2 Å². The summed E-state index contributed by atoms with van der Waals surface area (Å²) in [7, 11) is 2.68. The number of aromatic hydroxyl groups is 1. The number of halogens is 1. The standard InChI is InChI=1S/C9H10ClNO4.C7H7NO4/c1-14-9-6-7(15-5-4-10)2-3-8(9)11(12)13;1-12-7-4-5(9)2-3-6(7)8(10)11/h2-3,6H,4-5H2,1H3;2-4,9H,1H3. The fourth-order valence-corrected chi connectivity index (χ4v) is 1.95. The number of methoxy groups -OCH3 is 2. The zero-order valence-corrected chi connectivity index (χ0v) is 15.2. The van der Waals surface area contributed by atoms with Crippen LogP contribution in [0.25, 0.3) is 0 Å². The Labute approximate surface area is 159 Å². The van der Waals surface area contributed by atoms with E-state index in [2.05, 4.69) is 4.74 Å². The highest BCUT2D eigenvalue weighted by molar-refractivity contribution is 6.18. The molecule has 27 heavy (non-hydrogen) atoms. The van der Waals surface area contributed by atoms with E-state index in [0.29, 0.717) is 18.2 Å². The Hall–Kier alpha value is -3.27. The number of ether oxygens (including phenoxy) is 3. The molecule has 0 radical (unpaired) electrons. The Bertz CT molecular complexity index is 800. The summed E-state index contributed by atoms with van der Waals surface area (Å²) in [4.78, 5) is 19.8. The van der Waals surface area contributed by atoms with Crippen LogP contribution in [-0.2, 0) is 0 Å². The molecule has 146 valence electrons. The van der Waals surface area contributed by atoms with Crippen LogP contribution in [0.3, 0.4) is 0 Å². The van der Waals surface area contributed by atoms with Gasteiger partial charge in [0.15, 0.2) is 0 Å². The van der Waals surface area contributed by atoms with Gasteiger partial charge in [-0.1, -0.05) is 0 Å². The van der Waals surface area contributed by atoms with E-state index in [-0.39, 0.29) is 28.6 Å². The lowest BCUT2D eigenvalue weighted by Gasteiger charge is -2.06. The van der Waals surface area contributed by atoms with Crippen molar-refractivity contribution >= 4 is 23.0 Å². The van der Waals surface area contributed by atoms with Crippen LogP contribution in [0.4, 0.5) is 11.4 Å². The first-order valence-electron chi connectivity index (χ1n) is 7.36. The number of nitro groups is 2. The molecular formula is C16H17ClN2O8. The van der Waals surface area contributed by atoms with Crippen LogP contribution in [-0.4, -0.2) is 41.7 Å². The summed E-state index contributed by atoms with van der Waals surface area (Å²) in [5.74, 6) is 1.03. The Kier molecular flexibility index (Phi) is 8.60. The van der Waals surface area contributed by atoms with Gasteiger partial charge < -0.3 is 19.3 Å². The third-order valence-corrected chi connectivity index (χ3v) is 3.21. The highest BCUT2D eigenvalue weighted by atomic mass is 35.5. The third kappa shape index (κ3) is 6.51. The van der Waals surface area contributed by atoms with E-state index in [4.69, 9.17) is 26.2 Å². The molecule has 0 heterocycles. The van der Waals surface area contributed by atoms with E-state index in [1.165, 1.54) is 50.6 Å². The van der Waals surface area contributed by atoms with Gasteiger partial charge in [0.25, 0.3) is 0 Å². The predicted molar refractivity (Wildman–Crippen MR) is 97.2 cm³/mol. The average Bonchev–Trinajstić information content (AvgIpc) is 2.65. The van der Waals surface area contributed by atoms with Gasteiger partial charge in [0.1, 0.15) is 18.1 Å². The second kappa shape index (κ2) is 10.7. The van der Waals surface area contributed by atoms with Crippen LogP contribution in [0.5, 0.6) is 23.0 Å². The second-order valence-electron chi connectivity index (χ2n) is 4.74. The highest BCUT2D eigenvalue weighted by Crippen LogP contribution is 2.31. The molecule has 0 saturated carbocycles. The Morgan fingerprint density at radius 2 is 1.48 bits per heavy atom. The van der Waals surface area contributed by atoms with Crippen molar-refractivity contribution in [2.75, 3.05) is 26.7 Å². The lowest BCUT2D eigenvalue weighted by molar-refractivity contribution is -0.385. The van der Waals surface area contributed by atoms with Crippen molar-refractivity contribution in [3.05, 3.63) is 56.6 Å². The molecule has 11 heteroatoms. The molecule has 0 aromatic heterocycles. The van der Waals surface area contributed by atoms with Gasteiger partial charge in [-0.05, 0) is 12.1 Å². The summed E-state index contributed by atoms with van der Waals surface area (Å²) in [6, 6.07) is 7.92. The monoisotopic (exact) mass is 400 g/mol. The Morgan fingerprint density at radius 1 is 0.963 bits per heavy atom. The highest BCUT2D eigenvalue weighted by Gasteiger charge is 2.15. The van der Waals surface area contributed by atoms with Crippen LogP contribution in [0.2, 0.25) is 0 Å². The van der Waals surface area contributed by atoms with E-state index in [0.717, 1.165) is 0 Å². The molecule has 0 amide bonds. The number of alkyl halides is 1. The number of nitro benzene ring substituents is 2. The maximum absolute atomic E-state index is 10.6. The normalized spacial score (nSPS) is 9.59. The number of hydrogen-bond acceptors (Lipinski definition) is 8. The molecule has 0 aliphatic heterocycles. The maximum Gasteiger partial charge on any atom is 0.311 e. The van der Waals surface area contributed by atoms with Crippen LogP contribution < -0.4 is 14.2 Å². The van der Waals surface area contributed by atoms with Crippen LogP contribution in [0, 0.1) is 20.2 Å². The molecule has 0 saturated heterocycles. The smallest absolute Gasteiger partial charge is 0.311 e. The van der Waals surface area contributed by atoms with E-state index in [1.807, 2.05) is 0 Å². The minimum Gasteiger partial charge on any atom is -0.508 e. The van der Waals surface area contributed by atoms with E-state index in [1.54, 1.807) is 0 Å². The number of phenolic OH excluding ortho intramolecular Hbond substituents is 1. The Morgan fingerprint density at radius 3 is 1.96 bits per heavy atom. The van der Waals surface area contributed by atoms with Gasteiger partial charge >= 0.3 is 11.4 Å². The summed E-state index contributed by atoms with van der Waals surface area (Å²) >= 11 is 5.44. The van der Waals surface area contributed by atoms with Gasteiger partial charge in [-0.25, -0.2) is 0 Å². The zero-order valence-electron chi connectivity index (χ0n) is 14.5. The van der Waals surface area contributed by atoms with E-state index < -0.39 is 9.85 Å². The van der Waals surface area contributed by atoms with Gasteiger partial charge in [-0.15, -0.1) is 11.6 Å². The fourth-order valence-electron chi connectivity index (χ4n) is 1.87. The quantitative estimate of drug-likeness (QED) is 0.423. The van der Waals surface area contributed by atoms with Gasteiger partial charge in [0, 0.05) is 24.3 Å². The molecule has 0 atom stereocenters. The topological polar surface area (TPSA) is 134 Å². The summed E-state index contributed by atoms with van der Waals surface area (Å²) in [6.45, 7) is 0.350. The van der Waals surface area contributed by atoms with Crippen molar-refractivity contribution in [2.24, 2.45) is 0 Å². The Balaban J connectivity index is 0.000000277. The summed E-state index contributed by atoms with van der Waals surface area (Å²) in [5, 5.41) is 29.9. The molecule has 2 aromatic rings. The van der Waals surface area contributed by atoms with Gasteiger partial charge in [0.2, 0.25) is 11.5 Å². The molecule has 1 N–H and O–H groups in total. The van der Waals surface area contributed by atoms with Crippen molar-refractivity contribution < 1.29 is 29.2 Å². The van der Waals surface area contributed by atoms with Crippen molar-refractivity contribution in [3.8, 4) is 23.0 Å². The average molecular weight is 401 g/mol. The van der Waals surface area contributed by atoms with Crippen LogP contribution in [0.15, 0.2) is 36.4 Å². The fraction of sp³-hybridized carbons (Fsp3) is 0.250. The summed E-state index contributed by atoms with van der Waals surface area (Å²) in [6.07, 6.45) is 0. The largest absolute Gasteiger partial charge is 0.508 e. The lowest BCUT2D eigenvalue weighted by atomic mass is 10.3. The first kappa shape index (κ1) is 21.8. The molecule has 0 spiro atoms. The number of benzene rings is 2. The molecule has 0 aliphatic rings. The first-order chi connectivity index (χ1) is 12.8. The first-order valence-corrected chi connectivity index (χ1v) is 7.90. The van der Waals surface area contributed by atoms with Gasteiger partial charge in [-0.3, -0.25) is 20.2 Å². The molecular weight excluding hydrogens is 384 g/mol. The van der Waals surface area contributed by atoms with Crippen molar-refractivity contribution in [3.63, 3.8) is 0 Å². The molecule has 10 nitrogen and oxygen atoms in total. The molecule has 0 bridgehead atoms. The third-order valence-electron chi connectivity index (χ3n) is 3.05. The summed E-state index contributed by atoms with van der Waals surface area (Å²) < 4.78 is 14.8. The van der Waals surface area contributed by atoms with E-state index >= 15 is 0 Å². The maximum atomic E-state index is 10.6. The SMILES string of the molecule is COc1cc(O)ccc1[N+](=O)[O-].COc1cc(OCCCl)ccc1[N+](=O)[O-]. The number of nitrogens with zero attached hydrogens (tertiary/aromatic N) is 2. The van der Waals surface area contributed by atoms with Crippen LogP contribution in [0.1, 0.15) is 0 Å². The minimum atomic E-state index is -0.571. The van der Waals surface area contributed by atoms with Crippen molar-refractivity contribution in [2.45, 2.75) is 0 Å². The zero-order chi connectivity index (χ0) is 20.4. The number of rotatable bonds is 7. The summed E-state index contributed by atoms with van der Waals surface area (Å²) in [5.41, 5.74) is -0.244. The second-order valence-corrected chi connectivity index (χ2v) is 5.12. The van der Waals surface area contributed by atoms with Crippen LogP contribution >= 0.6 is 11.6 Å². The number of hydrogen-bond donors (Lipinski definition) is 1. The predicted octanol–water partition coefficient (Wildman–Crippen LogP) is 3.53. The molecule has 0 fully saturated rings. The van der Waals surface area contributed by atoms with Gasteiger partial charge in [0.05, 0.1) is 29.9 Å². The van der Waals surface area contributed by atoms with Crippen molar-refractivity contribution in [1.29, 1.82) is 0 Å². The van der Waals surface area contributed by atoms with Gasteiger partial charge in [-0.2, -0.15) is 0 Å². The molecule has 2 aromatic carbocycles. The minimum absolute atomic E-state index is 0.0556. The van der Waals surface area contributed by atoms with Crippen molar-refractivity contribution in [1.82, 2.24) is 0 Å².